The van der Waals surface area contributed by atoms with Crippen molar-refractivity contribution in [1.29, 1.82) is 0 Å². The maximum atomic E-state index is 12.0. The first-order chi connectivity index (χ1) is 8.62. The van der Waals surface area contributed by atoms with Crippen LogP contribution in [0.5, 0.6) is 0 Å². The van der Waals surface area contributed by atoms with Crippen molar-refractivity contribution in [3.63, 3.8) is 0 Å². The average Bonchev–Trinajstić information content (AvgIpc) is 2.98. The van der Waals surface area contributed by atoms with Crippen LogP contribution in [0.3, 0.4) is 0 Å². The molecule has 0 aliphatic carbocycles. The van der Waals surface area contributed by atoms with Gasteiger partial charge in [-0.1, -0.05) is 0 Å². The molecule has 0 aliphatic rings. The lowest BCUT2D eigenvalue weighted by Gasteiger charge is -2.02. The number of furan rings is 1. The number of rotatable bonds is 6. The summed E-state index contributed by atoms with van der Waals surface area (Å²) >= 11 is 1.26. The molecule has 0 aromatic carbocycles. The number of thiophene rings is 1. The lowest BCUT2D eigenvalue weighted by Crippen LogP contribution is -2.22. The second kappa shape index (κ2) is 5.66. The second-order valence-corrected chi connectivity index (χ2v) is 6.82. The highest BCUT2D eigenvalue weighted by molar-refractivity contribution is 7.91. The number of hydrogen-bond donors (Lipinski definition) is 2. The number of hydrogen-bond acceptors (Lipinski definition) is 5. The molecule has 0 atom stereocenters. The van der Waals surface area contributed by atoms with Gasteiger partial charge in [-0.25, -0.2) is 13.1 Å². The van der Waals surface area contributed by atoms with Crippen molar-refractivity contribution < 1.29 is 12.8 Å². The van der Waals surface area contributed by atoms with E-state index in [4.69, 9.17) is 4.42 Å². The first-order valence-electron chi connectivity index (χ1n) is 5.37. The van der Waals surface area contributed by atoms with Crippen LogP contribution in [-0.2, 0) is 23.1 Å². The minimum Gasteiger partial charge on any atom is -0.468 e. The predicted molar refractivity (Wildman–Crippen MR) is 69.8 cm³/mol. The van der Waals surface area contributed by atoms with Crippen molar-refractivity contribution in [2.24, 2.45) is 0 Å². The van der Waals surface area contributed by atoms with Crippen molar-refractivity contribution in [2.75, 3.05) is 7.05 Å². The van der Waals surface area contributed by atoms with Crippen molar-refractivity contribution in [1.82, 2.24) is 10.0 Å². The summed E-state index contributed by atoms with van der Waals surface area (Å²) in [5.74, 6) is 0.588. The Morgan fingerprint density at radius 2 is 2.11 bits per heavy atom. The van der Waals surface area contributed by atoms with Gasteiger partial charge < -0.3 is 9.73 Å². The normalized spacial score (nSPS) is 11.8. The molecule has 0 unspecified atom stereocenters. The monoisotopic (exact) mass is 286 g/mol. The van der Waals surface area contributed by atoms with Crippen molar-refractivity contribution >= 4 is 21.4 Å². The smallest absolute Gasteiger partial charge is 0.250 e. The van der Waals surface area contributed by atoms with Crippen LogP contribution >= 0.6 is 11.3 Å². The van der Waals surface area contributed by atoms with E-state index in [-0.39, 0.29) is 6.54 Å². The molecule has 0 saturated heterocycles. The Hall–Kier alpha value is -1.15. The zero-order valence-electron chi connectivity index (χ0n) is 9.84. The van der Waals surface area contributed by atoms with Gasteiger partial charge in [0.05, 0.1) is 12.8 Å². The minimum absolute atomic E-state index is 0.161. The van der Waals surface area contributed by atoms with Crippen LogP contribution < -0.4 is 10.0 Å². The Kier molecular flexibility index (Phi) is 4.18. The molecule has 7 heteroatoms. The first-order valence-corrected chi connectivity index (χ1v) is 7.67. The zero-order chi connectivity index (χ0) is 13.0. The fourth-order valence-electron chi connectivity index (χ4n) is 1.42. The molecule has 0 bridgehead atoms. The molecule has 2 N–H and O–H groups in total. The van der Waals surface area contributed by atoms with Gasteiger partial charge in [0.1, 0.15) is 9.97 Å². The van der Waals surface area contributed by atoms with Gasteiger partial charge in [-0.05, 0) is 31.3 Å². The third kappa shape index (κ3) is 3.20. The lowest BCUT2D eigenvalue weighted by molar-refractivity contribution is 0.499. The van der Waals surface area contributed by atoms with Crippen LogP contribution in [0.25, 0.3) is 0 Å². The Morgan fingerprint density at radius 3 is 2.78 bits per heavy atom. The van der Waals surface area contributed by atoms with Gasteiger partial charge in [-0.3, -0.25) is 0 Å². The second-order valence-electron chi connectivity index (χ2n) is 3.65. The van der Waals surface area contributed by atoms with Gasteiger partial charge in [0.2, 0.25) is 10.0 Å². The molecule has 0 aliphatic heterocycles. The molecule has 2 aromatic rings. The number of nitrogens with one attached hydrogen (secondary N) is 2. The molecule has 2 aromatic heterocycles. The standard InChI is InChI=1S/C11H14N2O3S2/c1-12-8-10-4-5-11(17-10)18(14,15)13-7-9-3-2-6-16-9/h2-6,12-13H,7-8H2,1H3. The summed E-state index contributed by atoms with van der Waals surface area (Å²) in [6.07, 6.45) is 1.51. The van der Waals surface area contributed by atoms with E-state index >= 15 is 0 Å². The van der Waals surface area contributed by atoms with Crippen LogP contribution in [0.1, 0.15) is 10.6 Å². The predicted octanol–water partition coefficient (Wildman–Crippen LogP) is 1.54. The van der Waals surface area contributed by atoms with Gasteiger partial charge in [-0.2, -0.15) is 0 Å². The Bertz CT molecular complexity index is 588. The average molecular weight is 286 g/mol. The number of sulfonamides is 1. The maximum absolute atomic E-state index is 12.0. The minimum atomic E-state index is -3.45. The van der Waals surface area contributed by atoms with E-state index in [1.807, 2.05) is 13.1 Å². The molecule has 0 radical (unpaired) electrons. The van der Waals surface area contributed by atoms with E-state index in [9.17, 15) is 8.42 Å². The molecular formula is C11H14N2O3S2. The largest absolute Gasteiger partial charge is 0.468 e. The van der Waals surface area contributed by atoms with E-state index in [0.717, 1.165) is 4.88 Å². The molecule has 0 spiro atoms. The zero-order valence-corrected chi connectivity index (χ0v) is 11.5. The van der Waals surface area contributed by atoms with Crippen molar-refractivity contribution in [3.8, 4) is 0 Å². The molecule has 0 fully saturated rings. The highest BCUT2D eigenvalue weighted by Crippen LogP contribution is 2.21. The molecular weight excluding hydrogens is 272 g/mol. The lowest BCUT2D eigenvalue weighted by atomic mass is 10.5. The molecule has 18 heavy (non-hydrogen) atoms. The molecule has 5 nitrogen and oxygen atoms in total. The van der Waals surface area contributed by atoms with E-state index in [0.29, 0.717) is 16.5 Å². The molecule has 0 saturated carbocycles. The van der Waals surface area contributed by atoms with Gasteiger partial charge in [0.15, 0.2) is 0 Å². The molecule has 2 rings (SSSR count). The van der Waals surface area contributed by atoms with Crippen LogP contribution in [0.2, 0.25) is 0 Å². The summed E-state index contributed by atoms with van der Waals surface area (Å²) < 4.78 is 31.9. The Balaban J connectivity index is 2.05. The summed E-state index contributed by atoms with van der Waals surface area (Å²) in [5.41, 5.74) is 0. The Morgan fingerprint density at radius 1 is 1.28 bits per heavy atom. The summed E-state index contributed by atoms with van der Waals surface area (Å²) in [7, 11) is -1.63. The van der Waals surface area contributed by atoms with Gasteiger partial charge in [0, 0.05) is 11.4 Å². The molecule has 98 valence electrons. The van der Waals surface area contributed by atoms with Gasteiger partial charge >= 0.3 is 0 Å². The van der Waals surface area contributed by atoms with E-state index < -0.39 is 10.0 Å². The van der Waals surface area contributed by atoms with Crippen LogP contribution in [0, 0.1) is 0 Å². The quantitative estimate of drug-likeness (QED) is 0.845. The summed E-state index contributed by atoms with van der Waals surface area (Å²) in [6.45, 7) is 0.826. The van der Waals surface area contributed by atoms with E-state index in [2.05, 4.69) is 10.0 Å². The van der Waals surface area contributed by atoms with Crippen molar-refractivity contribution in [2.45, 2.75) is 17.3 Å². The van der Waals surface area contributed by atoms with E-state index in [1.165, 1.54) is 17.6 Å². The molecule has 2 heterocycles. The topological polar surface area (TPSA) is 71.3 Å². The third-order valence-corrected chi connectivity index (χ3v) is 5.25. The van der Waals surface area contributed by atoms with E-state index in [1.54, 1.807) is 18.2 Å². The van der Waals surface area contributed by atoms with Gasteiger partial charge in [0.25, 0.3) is 0 Å². The highest BCUT2D eigenvalue weighted by Gasteiger charge is 2.16. The SMILES string of the molecule is CNCc1ccc(S(=O)(=O)NCc2ccco2)s1. The maximum Gasteiger partial charge on any atom is 0.250 e. The summed E-state index contributed by atoms with van der Waals surface area (Å²) in [4.78, 5) is 0.982. The van der Waals surface area contributed by atoms with Crippen LogP contribution in [0.4, 0.5) is 0 Å². The Labute approximate surface area is 110 Å². The fourth-order valence-corrected chi connectivity index (χ4v) is 3.83. The van der Waals surface area contributed by atoms with Crippen LogP contribution in [-0.4, -0.2) is 15.5 Å². The fraction of sp³-hybridized carbons (Fsp3) is 0.273. The van der Waals surface area contributed by atoms with Crippen molar-refractivity contribution in [3.05, 3.63) is 41.2 Å². The molecule has 0 amide bonds. The highest BCUT2D eigenvalue weighted by atomic mass is 32.2. The summed E-state index contributed by atoms with van der Waals surface area (Å²) in [6, 6.07) is 6.87. The van der Waals surface area contributed by atoms with Gasteiger partial charge in [-0.15, -0.1) is 11.3 Å². The van der Waals surface area contributed by atoms with Crippen LogP contribution in [0.15, 0.2) is 39.2 Å². The third-order valence-electron chi connectivity index (χ3n) is 2.27. The summed E-state index contributed by atoms with van der Waals surface area (Å²) in [5, 5.41) is 2.98. The first kappa shape index (κ1) is 13.3.